The fraction of sp³-hybridized carbons (Fsp3) is 0.529. The molecule has 0 amide bonds. The summed E-state index contributed by atoms with van der Waals surface area (Å²) >= 11 is 0. The first kappa shape index (κ1) is 15.8. The Hall–Kier alpha value is -1.28. The molecular weight excluding hydrogens is 236 g/mol. The zero-order chi connectivity index (χ0) is 13.8. The van der Waals surface area contributed by atoms with Gasteiger partial charge in [-0.15, -0.1) is 0 Å². The van der Waals surface area contributed by atoms with Crippen LogP contribution in [0.4, 0.5) is 0 Å². The van der Waals surface area contributed by atoms with E-state index < -0.39 is 0 Å². The molecule has 0 saturated carbocycles. The summed E-state index contributed by atoms with van der Waals surface area (Å²) in [6.45, 7) is 5.44. The Bertz CT molecular complexity index is 330. The van der Waals surface area contributed by atoms with Crippen LogP contribution in [0.3, 0.4) is 0 Å². The van der Waals surface area contributed by atoms with E-state index in [1.54, 1.807) is 7.11 Å². The summed E-state index contributed by atoms with van der Waals surface area (Å²) in [5, 5.41) is 0. The van der Waals surface area contributed by atoms with Crippen LogP contribution in [0.15, 0.2) is 30.8 Å². The monoisotopic (exact) mass is 262 g/mol. The van der Waals surface area contributed by atoms with Gasteiger partial charge in [-0.1, -0.05) is 50.5 Å². The second kappa shape index (κ2) is 10.6. The van der Waals surface area contributed by atoms with Crippen LogP contribution < -0.4 is 4.74 Å². The van der Waals surface area contributed by atoms with Crippen molar-refractivity contribution in [1.82, 2.24) is 0 Å². The summed E-state index contributed by atoms with van der Waals surface area (Å²) in [5.41, 5.74) is 1.13. The SMILES string of the molecule is C=Cc1ccc(OCCCCCCCCOC)cc1. The van der Waals surface area contributed by atoms with Crippen LogP contribution in [0.25, 0.3) is 6.08 Å². The Morgan fingerprint density at radius 3 is 2.05 bits per heavy atom. The second-order valence-corrected chi connectivity index (χ2v) is 4.74. The van der Waals surface area contributed by atoms with Crippen LogP contribution in [0.2, 0.25) is 0 Å². The first-order valence-corrected chi connectivity index (χ1v) is 7.21. The van der Waals surface area contributed by atoms with Crippen molar-refractivity contribution >= 4 is 6.08 Å². The molecule has 0 radical (unpaired) electrons. The predicted octanol–water partition coefficient (Wildman–Crippen LogP) is 4.70. The van der Waals surface area contributed by atoms with Crippen LogP contribution in [0.5, 0.6) is 5.75 Å². The number of ether oxygens (including phenoxy) is 2. The van der Waals surface area contributed by atoms with Crippen molar-refractivity contribution < 1.29 is 9.47 Å². The van der Waals surface area contributed by atoms with Gasteiger partial charge >= 0.3 is 0 Å². The molecule has 0 unspecified atom stereocenters. The van der Waals surface area contributed by atoms with E-state index in [0.29, 0.717) is 0 Å². The fourth-order valence-electron chi connectivity index (χ4n) is 1.95. The molecule has 1 aromatic rings. The van der Waals surface area contributed by atoms with Gasteiger partial charge in [0.1, 0.15) is 5.75 Å². The van der Waals surface area contributed by atoms with Gasteiger partial charge in [-0.2, -0.15) is 0 Å². The van der Waals surface area contributed by atoms with Crippen molar-refractivity contribution in [2.75, 3.05) is 20.3 Å². The lowest BCUT2D eigenvalue weighted by Gasteiger charge is -2.06. The molecule has 106 valence electrons. The van der Waals surface area contributed by atoms with Crippen molar-refractivity contribution in [3.05, 3.63) is 36.4 Å². The second-order valence-electron chi connectivity index (χ2n) is 4.74. The van der Waals surface area contributed by atoms with E-state index in [0.717, 1.165) is 30.9 Å². The van der Waals surface area contributed by atoms with Crippen molar-refractivity contribution in [3.63, 3.8) is 0 Å². The van der Waals surface area contributed by atoms with Crippen LogP contribution in [-0.2, 0) is 4.74 Å². The molecule has 0 aliphatic heterocycles. The van der Waals surface area contributed by atoms with Crippen molar-refractivity contribution in [1.29, 1.82) is 0 Å². The molecule has 0 aliphatic carbocycles. The smallest absolute Gasteiger partial charge is 0.119 e. The highest BCUT2D eigenvalue weighted by Gasteiger charge is 1.95. The molecule has 0 aromatic heterocycles. The Morgan fingerprint density at radius 1 is 0.895 bits per heavy atom. The van der Waals surface area contributed by atoms with Gasteiger partial charge in [0.25, 0.3) is 0 Å². The number of benzene rings is 1. The molecule has 0 N–H and O–H groups in total. The summed E-state index contributed by atoms with van der Waals surface area (Å²) < 4.78 is 10.7. The zero-order valence-corrected chi connectivity index (χ0v) is 12.1. The number of hydrogen-bond acceptors (Lipinski definition) is 2. The average molecular weight is 262 g/mol. The van der Waals surface area contributed by atoms with Gasteiger partial charge in [0.05, 0.1) is 6.61 Å². The van der Waals surface area contributed by atoms with Crippen LogP contribution in [0.1, 0.15) is 44.1 Å². The molecule has 0 aliphatic rings. The third kappa shape index (κ3) is 7.68. The van der Waals surface area contributed by atoms with E-state index in [-0.39, 0.29) is 0 Å². The number of rotatable bonds is 11. The Balaban J connectivity index is 1.96. The van der Waals surface area contributed by atoms with Gasteiger partial charge in [0.2, 0.25) is 0 Å². The predicted molar refractivity (Wildman–Crippen MR) is 81.6 cm³/mol. The fourth-order valence-corrected chi connectivity index (χ4v) is 1.95. The van der Waals surface area contributed by atoms with E-state index in [1.165, 1.54) is 32.1 Å². The lowest BCUT2D eigenvalue weighted by atomic mass is 10.1. The minimum absolute atomic E-state index is 0.811. The lowest BCUT2D eigenvalue weighted by Crippen LogP contribution is -1.97. The maximum Gasteiger partial charge on any atom is 0.119 e. The van der Waals surface area contributed by atoms with Gasteiger partial charge in [-0.25, -0.2) is 0 Å². The normalized spacial score (nSPS) is 10.4. The topological polar surface area (TPSA) is 18.5 Å². The molecule has 0 saturated heterocycles. The Kier molecular flexibility index (Phi) is 8.82. The van der Waals surface area contributed by atoms with Crippen molar-refractivity contribution in [3.8, 4) is 5.75 Å². The number of methoxy groups -OCH3 is 1. The van der Waals surface area contributed by atoms with Gasteiger partial charge in [-0.05, 0) is 30.5 Å². The minimum Gasteiger partial charge on any atom is -0.494 e. The maximum atomic E-state index is 5.70. The van der Waals surface area contributed by atoms with Gasteiger partial charge in [-0.3, -0.25) is 0 Å². The van der Waals surface area contributed by atoms with E-state index in [2.05, 4.69) is 6.58 Å². The van der Waals surface area contributed by atoms with Crippen molar-refractivity contribution in [2.45, 2.75) is 38.5 Å². The van der Waals surface area contributed by atoms with E-state index in [9.17, 15) is 0 Å². The molecule has 19 heavy (non-hydrogen) atoms. The van der Waals surface area contributed by atoms with Crippen LogP contribution in [0, 0.1) is 0 Å². The highest BCUT2D eigenvalue weighted by Crippen LogP contribution is 2.13. The Labute approximate surface area is 117 Å². The number of unbranched alkanes of at least 4 members (excludes halogenated alkanes) is 5. The molecular formula is C17H26O2. The highest BCUT2D eigenvalue weighted by atomic mass is 16.5. The highest BCUT2D eigenvalue weighted by molar-refractivity contribution is 5.48. The van der Waals surface area contributed by atoms with E-state index in [4.69, 9.17) is 9.47 Å². The summed E-state index contributed by atoms with van der Waals surface area (Å²) in [4.78, 5) is 0. The molecule has 2 nitrogen and oxygen atoms in total. The third-order valence-electron chi connectivity index (χ3n) is 3.13. The largest absolute Gasteiger partial charge is 0.494 e. The summed E-state index contributed by atoms with van der Waals surface area (Å²) in [6.07, 6.45) is 9.28. The van der Waals surface area contributed by atoms with Crippen molar-refractivity contribution in [2.24, 2.45) is 0 Å². The Morgan fingerprint density at radius 2 is 1.47 bits per heavy atom. The standard InChI is InChI=1S/C17H26O2/c1-3-16-10-12-17(13-11-16)19-15-9-7-5-4-6-8-14-18-2/h3,10-13H,1,4-9,14-15H2,2H3. The molecule has 0 bridgehead atoms. The first-order valence-electron chi connectivity index (χ1n) is 7.21. The summed E-state index contributed by atoms with van der Waals surface area (Å²) in [5.74, 6) is 0.950. The molecule has 0 fully saturated rings. The summed E-state index contributed by atoms with van der Waals surface area (Å²) in [7, 11) is 1.76. The number of hydrogen-bond donors (Lipinski definition) is 0. The molecule has 2 heteroatoms. The zero-order valence-electron chi connectivity index (χ0n) is 12.1. The van der Waals surface area contributed by atoms with Crippen LogP contribution >= 0.6 is 0 Å². The molecule has 0 heterocycles. The van der Waals surface area contributed by atoms with Gasteiger partial charge in [0, 0.05) is 13.7 Å². The van der Waals surface area contributed by atoms with E-state index >= 15 is 0 Å². The van der Waals surface area contributed by atoms with Crippen LogP contribution in [-0.4, -0.2) is 20.3 Å². The van der Waals surface area contributed by atoms with E-state index in [1.807, 2.05) is 30.3 Å². The molecule has 0 atom stereocenters. The van der Waals surface area contributed by atoms with Gasteiger partial charge < -0.3 is 9.47 Å². The van der Waals surface area contributed by atoms with Gasteiger partial charge in [0.15, 0.2) is 0 Å². The quantitative estimate of drug-likeness (QED) is 0.538. The minimum atomic E-state index is 0.811. The molecule has 1 aromatic carbocycles. The molecule has 0 spiro atoms. The average Bonchev–Trinajstić information content (AvgIpc) is 2.46. The molecule has 1 rings (SSSR count). The summed E-state index contributed by atoms with van der Waals surface area (Å²) in [6, 6.07) is 8.06. The third-order valence-corrected chi connectivity index (χ3v) is 3.13. The lowest BCUT2D eigenvalue weighted by molar-refractivity contribution is 0.191. The first-order chi connectivity index (χ1) is 9.36. The maximum absolute atomic E-state index is 5.70.